The van der Waals surface area contributed by atoms with Crippen molar-refractivity contribution in [2.75, 3.05) is 44.6 Å². The van der Waals surface area contributed by atoms with E-state index in [1.165, 1.54) is 20.4 Å². The highest BCUT2D eigenvalue weighted by atomic mass is 32.2. The summed E-state index contributed by atoms with van der Waals surface area (Å²) in [5.41, 5.74) is 1.50. The van der Waals surface area contributed by atoms with Crippen LogP contribution >= 0.6 is 8.58 Å². The summed E-state index contributed by atoms with van der Waals surface area (Å²) in [7, 11) is 3.07. The van der Waals surface area contributed by atoms with Crippen molar-refractivity contribution in [1.29, 1.82) is 5.41 Å². The Labute approximate surface area is 244 Å². The van der Waals surface area contributed by atoms with Gasteiger partial charge in [0.1, 0.15) is 11.9 Å². The number of hydrogen-bond acceptors (Lipinski definition) is 7. The zero-order valence-corrected chi connectivity index (χ0v) is 25.3. The lowest BCUT2D eigenvalue weighted by atomic mass is 9.86. The van der Waals surface area contributed by atoms with E-state index in [2.05, 4.69) is 4.98 Å². The van der Waals surface area contributed by atoms with Gasteiger partial charge in [0, 0.05) is 48.5 Å². The van der Waals surface area contributed by atoms with E-state index < -0.39 is 34.1 Å². The van der Waals surface area contributed by atoms with Gasteiger partial charge in [-0.05, 0) is 61.4 Å². The molecule has 2 aromatic rings. The molecule has 41 heavy (non-hydrogen) atoms. The Morgan fingerprint density at radius 1 is 1.22 bits per heavy atom. The van der Waals surface area contributed by atoms with Gasteiger partial charge < -0.3 is 24.3 Å². The fourth-order valence-corrected chi connectivity index (χ4v) is 7.74. The first-order chi connectivity index (χ1) is 19.7. The molecule has 2 fully saturated rings. The minimum absolute atomic E-state index is 0.0385. The highest BCUT2D eigenvalue weighted by Crippen LogP contribution is 2.55. The van der Waals surface area contributed by atoms with Crippen molar-refractivity contribution in [3.63, 3.8) is 0 Å². The summed E-state index contributed by atoms with van der Waals surface area (Å²) in [6, 6.07) is 3.00. The topological polar surface area (TPSA) is 102 Å². The van der Waals surface area contributed by atoms with Gasteiger partial charge >= 0.3 is 0 Å². The van der Waals surface area contributed by atoms with E-state index in [-0.39, 0.29) is 24.0 Å². The van der Waals surface area contributed by atoms with E-state index in [0.29, 0.717) is 38.6 Å². The number of allylic oxidation sites excluding steroid dienone is 1. The molecule has 12 heteroatoms. The molecule has 1 saturated heterocycles. The third-order valence-electron chi connectivity index (χ3n) is 8.40. The third-order valence-corrected chi connectivity index (χ3v) is 10.6. The van der Waals surface area contributed by atoms with E-state index >= 15 is 8.78 Å². The van der Waals surface area contributed by atoms with Gasteiger partial charge in [0.2, 0.25) is 5.91 Å². The molecule has 1 aromatic heterocycles. The van der Waals surface area contributed by atoms with Crippen molar-refractivity contribution in [1.82, 2.24) is 9.29 Å². The quantitative estimate of drug-likeness (QED) is 0.177. The van der Waals surface area contributed by atoms with E-state index in [1.807, 2.05) is 16.2 Å². The molecular weight excluding hydrogens is 569 g/mol. The molecule has 2 atom stereocenters. The Morgan fingerprint density at radius 3 is 2.44 bits per heavy atom. The largest absolute Gasteiger partial charge is 0.598 e. The smallest absolute Gasteiger partial charge is 0.238 e. The van der Waals surface area contributed by atoms with Gasteiger partial charge in [0.05, 0.1) is 31.9 Å². The Hall–Kier alpha value is -2.59. The minimum atomic E-state index is -0.955. The SMILES string of the molecule is COc1cc(OC)c(F)c(N2Cc3cnc(/C(C=N)=C/PCCC4CCN([S+](C)[O-])CC4)cc3C3(CC3)C2=O)c1F. The predicted octanol–water partition coefficient (Wildman–Crippen LogP) is 5.02. The maximum atomic E-state index is 15.3. The number of nitrogens with zero attached hydrogens (tertiary/aromatic N) is 3. The van der Waals surface area contributed by atoms with E-state index in [9.17, 15) is 9.35 Å². The van der Waals surface area contributed by atoms with Crippen LogP contribution in [0.5, 0.6) is 11.5 Å². The second-order valence-electron chi connectivity index (χ2n) is 10.7. The van der Waals surface area contributed by atoms with Crippen LogP contribution < -0.4 is 14.4 Å². The molecule has 220 valence electrons. The number of piperidine rings is 1. The fourth-order valence-electron chi connectivity index (χ4n) is 5.84. The van der Waals surface area contributed by atoms with E-state index in [0.717, 1.165) is 60.6 Å². The van der Waals surface area contributed by atoms with Crippen LogP contribution in [-0.2, 0) is 28.1 Å². The Bertz CT molecular complexity index is 1330. The number of pyridine rings is 1. The molecule has 1 N–H and O–H groups in total. The maximum Gasteiger partial charge on any atom is 0.238 e. The summed E-state index contributed by atoms with van der Waals surface area (Å²) in [6.45, 7) is 1.71. The molecule has 1 spiro atoms. The van der Waals surface area contributed by atoms with Gasteiger partial charge in [-0.1, -0.05) is 14.4 Å². The normalized spacial score (nSPS) is 20.0. The summed E-state index contributed by atoms with van der Waals surface area (Å²) >= 11 is -0.898. The average Bonchev–Trinajstić information content (AvgIpc) is 3.78. The predicted molar refractivity (Wildman–Crippen MR) is 159 cm³/mol. The highest BCUT2D eigenvalue weighted by molar-refractivity contribution is 7.88. The zero-order chi connectivity index (χ0) is 29.3. The maximum absolute atomic E-state index is 15.3. The lowest BCUT2D eigenvalue weighted by molar-refractivity contribution is -0.121. The van der Waals surface area contributed by atoms with Crippen molar-refractivity contribution in [2.24, 2.45) is 5.92 Å². The summed E-state index contributed by atoms with van der Waals surface area (Å²) < 4.78 is 54.5. The molecule has 0 bridgehead atoms. The minimum Gasteiger partial charge on any atom is -0.598 e. The van der Waals surface area contributed by atoms with Crippen molar-refractivity contribution in [3.05, 3.63) is 52.6 Å². The Kier molecular flexibility index (Phi) is 8.99. The van der Waals surface area contributed by atoms with Gasteiger partial charge in [-0.15, -0.1) is 4.31 Å². The molecule has 1 aromatic carbocycles. The lowest BCUT2D eigenvalue weighted by Crippen LogP contribution is -2.45. The standard InChI is InChI=1S/C29H35F2N4O4PS/c1-38-23-13-24(39-2)26(31)27(25(23)30)35-16-20-15-33-22(12-21(20)29(7-8-29)28(35)36)19(14-32)17-40-11-6-18-4-9-34(10-5-18)41(3)37/h12-15,17-18,32,40H,4-11,16H2,1-3H3/b19-17+,32-14?. The summed E-state index contributed by atoms with van der Waals surface area (Å²) in [5.74, 6) is -0.0201. The second-order valence-corrected chi connectivity index (χ2v) is 13.3. The number of carbonyl (C=O) groups excluding carboxylic acids is 1. The molecule has 1 aliphatic carbocycles. The summed E-state index contributed by atoms with van der Waals surface area (Å²) in [5, 5.41) is 8.01. The molecule has 8 nitrogen and oxygen atoms in total. The van der Waals surface area contributed by atoms with Crippen molar-refractivity contribution in [3.8, 4) is 11.5 Å². The van der Waals surface area contributed by atoms with Crippen LogP contribution in [0.25, 0.3) is 5.57 Å². The van der Waals surface area contributed by atoms with Crippen LogP contribution in [-0.4, -0.2) is 65.7 Å². The molecule has 2 aliphatic heterocycles. The number of benzene rings is 1. The Morgan fingerprint density at radius 2 is 1.88 bits per heavy atom. The van der Waals surface area contributed by atoms with Crippen LogP contribution in [0.4, 0.5) is 14.5 Å². The van der Waals surface area contributed by atoms with Crippen molar-refractivity contribution >= 4 is 43.3 Å². The molecule has 2 unspecified atom stereocenters. The highest BCUT2D eigenvalue weighted by Gasteiger charge is 2.57. The Balaban J connectivity index is 1.34. The first-order valence-corrected chi connectivity index (χ1v) is 16.5. The lowest BCUT2D eigenvalue weighted by Gasteiger charge is -2.35. The van der Waals surface area contributed by atoms with E-state index in [4.69, 9.17) is 14.9 Å². The van der Waals surface area contributed by atoms with Crippen LogP contribution in [0.1, 0.15) is 48.9 Å². The number of amides is 1. The van der Waals surface area contributed by atoms with Crippen LogP contribution in [0, 0.1) is 23.0 Å². The molecule has 3 aliphatic rings. The van der Waals surface area contributed by atoms with E-state index in [1.54, 1.807) is 12.5 Å². The molecule has 0 radical (unpaired) electrons. The van der Waals surface area contributed by atoms with Gasteiger partial charge in [-0.25, -0.2) is 8.78 Å². The molecule has 1 amide bonds. The summed E-state index contributed by atoms with van der Waals surface area (Å²) in [6.07, 6.45) is 10.0. The molecular formula is C29H35F2N4O4PS. The number of fused-ring (bicyclic) bond motifs is 2. The van der Waals surface area contributed by atoms with Crippen molar-refractivity contribution in [2.45, 2.75) is 44.1 Å². The molecule has 3 heterocycles. The number of hydrogen-bond donors (Lipinski definition) is 1. The monoisotopic (exact) mass is 604 g/mol. The van der Waals surface area contributed by atoms with Gasteiger partial charge in [0.25, 0.3) is 0 Å². The fraction of sp³-hybridized carbons (Fsp3) is 0.483. The van der Waals surface area contributed by atoms with Gasteiger partial charge in [0.15, 0.2) is 23.1 Å². The first-order valence-electron chi connectivity index (χ1n) is 13.7. The number of halogens is 2. The average molecular weight is 605 g/mol. The number of nitrogens with one attached hydrogen (secondary N) is 1. The number of anilines is 1. The van der Waals surface area contributed by atoms with Crippen LogP contribution in [0.3, 0.4) is 0 Å². The number of rotatable bonds is 10. The van der Waals surface area contributed by atoms with Crippen LogP contribution in [0.15, 0.2) is 24.1 Å². The first kappa shape index (κ1) is 29.9. The summed E-state index contributed by atoms with van der Waals surface area (Å²) in [4.78, 5) is 19.5. The number of methoxy groups -OCH3 is 2. The number of aromatic nitrogens is 1. The third kappa shape index (κ3) is 5.74. The van der Waals surface area contributed by atoms with Gasteiger partial charge in [-0.2, -0.15) is 0 Å². The molecule has 1 saturated carbocycles. The van der Waals surface area contributed by atoms with Crippen molar-refractivity contribution < 1.29 is 27.6 Å². The van der Waals surface area contributed by atoms with Gasteiger partial charge in [-0.3, -0.25) is 9.78 Å². The second kappa shape index (κ2) is 12.3. The molecule has 5 rings (SSSR count). The number of carbonyl (C=O) groups is 1. The zero-order valence-electron chi connectivity index (χ0n) is 23.5. The number of ether oxygens (including phenoxy) is 2. The van der Waals surface area contributed by atoms with Crippen LogP contribution in [0.2, 0.25) is 0 Å².